The van der Waals surface area contributed by atoms with E-state index in [-0.39, 0.29) is 23.0 Å². The van der Waals surface area contributed by atoms with Crippen LogP contribution in [0.3, 0.4) is 0 Å². The van der Waals surface area contributed by atoms with Crippen LogP contribution in [0.1, 0.15) is 18.1 Å². The first-order chi connectivity index (χ1) is 17.8. The van der Waals surface area contributed by atoms with Crippen LogP contribution in [0.25, 0.3) is 11.1 Å². The third-order valence-corrected chi connectivity index (χ3v) is 7.64. The highest BCUT2D eigenvalue weighted by atomic mass is 35.5. The van der Waals surface area contributed by atoms with Crippen molar-refractivity contribution in [1.82, 2.24) is 0 Å². The van der Waals surface area contributed by atoms with Crippen molar-refractivity contribution >= 4 is 33.0 Å². The van der Waals surface area contributed by atoms with E-state index in [4.69, 9.17) is 16.3 Å². The summed E-state index contributed by atoms with van der Waals surface area (Å²) < 4.78 is 30.2. The van der Waals surface area contributed by atoms with Gasteiger partial charge in [0.15, 0.2) is 9.84 Å². The first-order valence-electron chi connectivity index (χ1n) is 11.5. The molecule has 1 amide bonds. The fourth-order valence-corrected chi connectivity index (χ4v) is 4.69. The molecule has 0 heterocycles. The van der Waals surface area contributed by atoms with Crippen LogP contribution in [-0.4, -0.2) is 20.1 Å². The molecule has 0 saturated heterocycles. The van der Waals surface area contributed by atoms with E-state index in [1.54, 1.807) is 67.6 Å². The van der Waals surface area contributed by atoms with Gasteiger partial charge < -0.3 is 10.1 Å². The molecule has 0 radical (unpaired) electrons. The average molecular weight is 531 g/mol. The van der Waals surface area contributed by atoms with Gasteiger partial charge in [0.2, 0.25) is 5.91 Å². The lowest BCUT2D eigenvalue weighted by Gasteiger charge is -2.14. The smallest absolute Gasteiger partial charge is 0.228 e. The molecule has 8 heteroatoms. The number of nitrogens with zero attached hydrogens (tertiary/aromatic N) is 1. The number of ether oxygens (including phenoxy) is 1. The van der Waals surface area contributed by atoms with Crippen LogP contribution >= 0.6 is 11.6 Å². The van der Waals surface area contributed by atoms with E-state index in [9.17, 15) is 18.5 Å². The predicted octanol–water partition coefficient (Wildman–Crippen LogP) is 6.65. The Morgan fingerprint density at radius 2 is 1.70 bits per heavy atom. The first kappa shape index (κ1) is 26.0. The van der Waals surface area contributed by atoms with Gasteiger partial charge in [-0.1, -0.05) is 48.9 Å². The van der Waals surface area contributed by atoms with Crippen LogP contribution in [0.2, 0.25) is 5.02 Å². The van der Waals surface area contributed by atoms with Gasteiger partial charge >= 0.3 is 0 Å². The monoisotopic (exact) mass is 530 g/mol. The Balaban J connectivity index is 1.57. The Labute approximate surface area is 221 Å². The van der Waals surface area contributed by atoms with Gasteiger partial charge in [-0.05, 0) is 65.7 Å². The van der Waals surface area contributed by atoms with Gasteiger partial charge in [0, 0.05) is 22.3 Å². The van der Waals surface area contributed by atoms with Crippen molar-refractivity contribution in [3.8, 4) is 28.7 Å². The minimum Gasteiger partial charge on any atom is -0.457 e. The van der Waals surface area contributed by atoms with Crippen molar-refractivity contribution in [3.63, 3.8) is 0 Å². The van der Waals surface area contributed by atoms with Crippen LogP contribution in [0, 0.1) is 11.3 Å². The number of hydrogen-bond donors (Lipinski definition) is 1. The van der Waals surface area contributed by atoms with E-state index in [1.807, 2.05) is 18.2 Å². The molecule has 4 aromatic rings. The van der Waals surface area contributed by atoms with Crippen LogP contribution in [0.15, 0.2) is 95.9 Å². The highest BCUT2D eigenvalue weighted by Crippen LogP contribution is 2.36. The largest absolute Gasteiger partial charge is 0.457 e. The van der Waals surface area contributed by atoms with Gasteiger partial charge in [0.1, 0.15) is 11.5 Å². The standard InChI is InChI=1S/C29H23ClN2O4S/c1-2-37(34,35)26-13-6-20(7-14-26)17-29(33)32-24-12-15-27(22-8-10-23(30)11-9-22)28(18-24)36-25-5-3-4-21(16-25)19-31/h3-16,18H,2,17H2,1H3,(H,32,33). The summed E-state index contributed by atoms with van der Waals surface area (Å²) in [6.07, 6.45) is 0.0752. The molecule has 0 fully saturated rings. The van der Waals surface area contributed by atoms with Crippen molar-refractivity contribution in [2.24, 2.45) is 0 Å². The number of carbonyl (C=O) groups is 1. The average Bonchev–Trinajstić information content (AvgIpc) is 2.90. The number of amides is 1. The van der Waals surface area contributed by atoms with E-state index in [0.29, 0.717) is 33.3 Å². The minimum atomic E-state index is -3.30. The third-order valence-electron chi connectivity index (χ3n) is 5.64. The molecule has 1 N–H and O–H groups in total. The highest BCUT2D eigenvalue weighted by Gasteiger charge is 2.14. The Hall–Kier alpha value is -4.12. The number of rotatable bonds is 8. The lowest BCUT2D eigenvalue weighted by Crippen LogP contribution is -2.14. The lowest BCUT2D eigenvalue weighted by atomic mass is 10.0. The van der Waals surface area contributed by atoms with E-state index < -0.39 is 9.84 Å². The maximum atomic E-state index is 12.7. The van der Waals surface area contributed by atoms with Crippen molar-refractivity contribution in [2.75, 3.05) is 11.1 Å². The molecule has 0 bridgehead atoms. The summed E-state index contributed by atoms with van der Waals surface area (Å²) in [5.41, 5.74) is 3.34. The number of anilines is 1. The maximum absolute atomic E-state index is 12.7. The minimum absolute atomic E-state index is 0.0179. The van der Waals surface area contributed by atoms with E-state index in [0.717, 1.165) is 11.1 Å². The summed E-state index contributed by atoms with van der Waals surface area (Å²) in [6.45, 7) is 1.59. The quantitative estimate of drug-likeness (QED) is 0.275. The van der Waals surface area contributed by atoms with Gasteiger partial charge in [0.25, 0.3) is 0 Å². The summed E-state index contributed by atoms with van der Waals surface area (Å²) in [5.74, 6) is 0.733. The SMILES string of the molecule is CCS(=O)(=O)c1ccc(CC(=O)Nc2ccc(-c3ccc(Cl)cc3)c(Oc3cccc(C#N)c3)c2)cc1. The number of halogens is 1. The fraction of sp³-hybridized carbons (Fsp3) is 0.103. The molecule has 0 aliphatic heterocycles. The zero-order valence-electron chi connectivity index (χ0n) is 19.9. The molecular formula is C29H23ClN2O4S. The molecule has 0 spiro atoms. The lowest BCUT2D eigenvalue weighted by molar-refractivity contribution is -0.115. The fourth-order valence-electron chi connectivity index (χ4n) is 3.68. The Kier molecular flexibility index (Phi) is 7.92. The van der Waals surface area contributed by atoms with Crippen molar-refractivity contribution in [3.05, 3.63) is 107 Å². The maximum Gasteiger partial charge on any atom is 0.228 e. The molecule has 0 aromatic heterocycles. The van der Waals surface area contributed by atoms with Crippen LogP contribution < -0.4 is 10.1 Å². The zero-order valence-corrected chi connectivity index (χ0v) is 21.5. The number of sulfone groups is 1. The molecule has 4 rings (SSSR count). The number of nitrogens with one attached hydrogen (secondary N) is 1. The van der Waals surface area contributed by atoms with Gasteiger partial charge in [-0.15, -0.1) is 0 Å². The van der Waals surface area contributed by atoms with Gasteiger partial charge in [-0.2, -0.15) is 5.26 Å². The van der Waals surface area contributed by atoms with Crippen molar-refractivity contribution < 1.29 is 17.9 Å². The summed E-state index contributed by atoms with van der Waals surface area (Å²) in [6, 6.07) is 27.9. The topological polar surface area (TPSA) is 96.3 Å². The Morgan fingerprint density at radius 1 is 0.973 bits per heavy atom. The second-order valence-electron chi connectivity index (χ2n) is 8.23. The molecule has 37 heavy (non-hydrogen) atoms. The summed E-state index contributed by atoms with van der Waals surface area (Å²) >= 11 is 6.05. The second kappa shape index (κ2) is 11.3. The van der Waals surface area contributed by atoms with Crippen molar-refractivity contribution in [1.29, 1.82) is 5.26 Å². The molecular weight excluding hydrogens is 508 g/mol. The number of hydrogen-bond acceptors (Lipinski definition) is 5. The van der Waals surface area contributed by atoms with Gasteiger partial charge in [0.05, 0.1) is 28.7 Å². The molecule has 0 saturated carbocycles. The Bertz CT molecular complexity index is 1580. The number of nitriles is 1. The normalized spacial score (nSPS) is 10.9. The number of carbonyl (C=O) groups excluding carboxylic acids is 1. The summed E-state index contributed by atoms with van der Waals surface area (Å²) in [7, 11) is -3.30. The van der Waals surface area contributed by atoms with E-state index >= 15 is 0 Å². The van der Waals surface area contributed by atoms with E-state index in [1.165, 1.54) is 12.1 Å². The molecule has 0 unspecified atom stereocenters. The molecule has 4 aromatic carbocycles. The van der Waals surface area contributed by atoms with Crippen LogP contribution in [0.4, 0.5) is 5.69 Å². The summed E-state index contributed by atoms with van der Waals surface area (Å²) in [5, 5.41) is 12.7. The highest BCUT2D eigenvalue weighted by molar-refractivity contribution is 7.91. The van der Waals surface area contributed by atoms with Gasteiger partial charge in [-0.3, -0.25) is 4.79 Å². The molecule has 186 valence electrons. The zero-order chi connectivity index (χ0) is 26.4. The first-order valence-corrected chi connectivity index (χ1v) is 13.5. The Morgan fingerprint density at radius 3 is 2.38 bits per heavy atom. The predicted molar refractivity (Wildman–Crippen MR) is 145 cm³/mol. The van der Waals surface area contributed by atoms with Crippen molar-refractivity contribution in [2.45, 2.75) is 18.2 Å². The van der Waals surface area contributed by atoms with E-state index in [2.05, 4.69) is 11.4 Å². The van der Waals surface area contributed by atoms with Gasteiger partial charge in [-0.25, -0.2) is 8.42 Å². The third kappa shape index (κ3) is 6.56. The molecule has 0 atom stereocenters. The molecule has 6 nitrogen and oxygen atoms in total. The number of benzene rings is 4. The van der Waals surface area contributed by atoms with Crippen LogP contribution in [0.5, 0.6) is 11.5 Å². The second-order valence-corrected chi connectivity index (χ2v) is 10.9. The van der Waals surface area contributed by atoms with Crippen LogP contribution in [-0.2, 0) is 21.1 Å². The summed E-state index contributed by atoms with van der Waals surface area (Å²) in [4.78, 5) is 13.0. The molecule has 0 aliphatic rings. The molecule has 0 aliphatic carbocycles.